The number of benzene rings is 2. The number of anilines is 2. The average molecular weight is 589 g/mol. The standard InChI is InChI=1S/C24H25BrCl2N4O2.ClH/c1-31-9-14-5-13(6-15(14)10-31)11-33-21-8-19-16(7-20(21)32-2)24(29-12-28-19)30-18-4-3-17(25)22(26)23(18)27;/h3-4,7-8,12-15H,5-6,9-11H2,1-2H3,(H,28,29,30);1H/t13-,14-,15+;. The Balaban J connectivity index is 0.00000274. The van der Waals surface area contributed by atoms with Crippen LogP contribution in [0.1, 0.15) is 12.8 Å². The van der Waals surface area contributed by atoms with Gasteiger partial charge in [0.2, 0.25) is 0 Å². The van der Waals surface area contributed by atoms with Gasteiger partial charge in [0.15, 0.2) is 11.5 Å². The molecule has 0 radical (unpaired) electrons. The molecule has 2 heterocycles. The predicted octanol–water partition coefficient (Wildman–Crippen LogP) is 6.84. The summed E-state index contributed by atoms with van der Waals surface area (Å²) >= 11 is 16.1. The summed E-state index contributed by atoms with van der Waals surface area (Å²) in [7, 11) is 3.86. The van der Waals surface area contributed by atoms with Crippen molar-refractivity contribution in [2.75, 3.05) is 39.2 Å². The van der Waals surface area contributed by atoms with E-state index in [1.165, 1.54) is 32.3 Å². The SMILES string of the molecule is COc1cc2c(Nc3ccc(Br)c(Cl)c3Cl)ncnc2cc1OC[C@@H]1C[C@@H]2CN(C)C[C@@H]2C1.Cl. The van der Waals surface area contributed by atoms with Gasteiger partial charge in [-0.05, 0) is 71.8 Å². The molecule has 10 heteroatoms. The van der Waals surface area contributed by atoms with E-state index < -0.39 is 0 Å². The van der Waals surface area contributed by atoms with Gasteiger partial charge in [0.1, 0.15) is 12.1 Å². The van der Waals surface area contributed by atoms with Crippen LogP contribution in [0.3, 0.4) is 0 Å². The van der Waals surface area contributed by atoms with E-state index in [0.717, 1.165) is 27.2 Å². The minimum absolute atomic E-state index is 0. The largest absolute Gasteiger partial charge is 0.493 e. The molecule has 2 aromatic carbocycles. The molecule has 0 spiro atoms. The van der Waals surface area contributed by atoms with Gasteiger partial charge in [0.25, 0.3) is 0 Å². The van der Waals surface area contributed by atoms with Crippen molar-refractivity contribution in [1.82, 2.24) is 14.9 Å². The van der Waals surface area contributed by atoms with E-state index in [4.69, 9.17) is 32.7 Å². The van der Waals surface area contributed by atoms with Crippen LogP contribution in [0.15, 0.2) is 35.1 Å². The van der Waals surface area contributed by atoms with E-state index in [1.54, 1.807) is 7.11 Å². The van der Waals surface area contributed by atoms with E-state index in [9.17, 15) is 0 Å². The fourth-order valence-electron chi connectivity index (χ4n) is 5.19. The average Bonchev–Trinajstić information content (AvgIpc) is 3.34. The third kappa shape index (κ3) is 5.05. The predicted molar refractivity (Wildman–Crippen MR) is 143 cm³/mol. The van der Waals surface area contributed by atoms with Gasteiger partial charge in [-0.25, -0.2) is 9.97 Å². The minimum atomic E-state index is 0. The molecule has 3 aromatic rings. The van der Waals surface area contributed by atoms with Crippen molar-refractivity contribution in [2.24, 2.45) is 17.8 Å². The normalized spacial score (nSPS) is 21.9. The lowest BCUT2D eigenvalue weighted by Gasteiger charge is -2.18. The lowest BCUT2D eigenvalue weighted by molar-refractivity contribution is 0.227. The summed E-state index contributed by atoms with van der Waals surface area (Å²) in [5, 5.41) is 4.92. The van der Waals surface area contributed by atoms with Crippen LogP contribution in [-0.4, -0.2) is 48.7 Å². The third-order valence-electron chi connectivity index (χ3n) is 6.71. The molecule has 0 bridgehead atoms. The monoisotopic (exact) mass is 586 g/mol. The number of likely N-dealkylation sites (tertiary alicyclic amines) is 1. The Morgan fingerprint density at radius 2 is 1.82 bits per heavy atom. The molecular formula is C24H26BrCl3N4O2. The van der Waals surface area contributed by atoms with Crippen LogP contribution in [0.5, 0.6) is 11.5 Å². The fraction of sp³-hybridized carbons (Fsp3) is 0.417. The molecule has 1 saturated heterocycles. The van der Waals surface area contributed by atoms with Gasteiger partial charge in [-0.1, -0.05) is 23.2 Å². The zero-order valence-electron chi connectivity index (χ0n) is 18.9. The number of nitrogens with one attached hydrogen (secondary N) is 1. The Morgan fingerprint density at radius 1 is 1.09 bits per heavy atom. The molecule has 0 amide bonds. The van der Waals surface area contributed by atoms with E-state index in [1.807, 2.05) is 24.3 Å². The molecule has 1 aromatic heterocycles. The highest BCUT2D eigenvalue weighted by Crippen LogP contribution is 2.42. The van der Waals surface area contributed by atoms with Crippen molar-refractivity contribution in [3.63, 3.8) is 0 Å². The molecule has 3 atom stereocenters. The first kappa shape index (κ1) is 25.6. The van der Waals surface area contributed by atoms with Crippen LogP contribution in [0.2, 0.25) is 10.0 Å². The Labute approximate surface area is 223 Å². The zero-order chi connectivity index (χ0) is 23.1. The summed E-state index contributed by atoms with van der Waals surface area (Å²) < 4.78 is 12.6. The number of ether oxygens (including phenoxy) is 2. The number of methoxy groups -OCH3 is 1. The maximum atomic E-state index is 6.41. The summed E-state index contributed by atoms with van der Waals surface area (Å²) in [6, 6.07) is 7.50. The van der Waals surface area contributed by atoms with Crippen LogP contribution in [0.4, 0.5) is 11.5 Å². The molecule has 2 aliphatic rings. The Morgan fingerprint density at radius 3 is 2.53 bits per heavy atom. The molecule has 2 fully saturated rings. The smallest absolute Gasteiger partial charge is 0.163 e. The Hall–Kier alpha value is -1.51. The second-order valence-corrected chi connectivity index (χ2v) is 10.6. The number of hydrogen-bond donors (Lipinski definition) is 1. The molecule has 1 N–H and O–H groups in total. The molecule has 1 aliphatic heterocycles. The number of hydrogen-bond acceptors (Lipinski definition) is 6. The lowest BCUT2D eigenvalue weighted by Crippen LogP contribution is -2.18. The van der Waals surface area contributed by atoms with E-state index >= 15 is 0 Å². The highest BCUT2D eigenvalue weighted by molar-refractivity contribution is 9.10. The van der Waals surface area contributed by atoms with Crippen LogP contribution in [0, 0.1) is 17.8 Å². The molecule has 5 rings (SSSR count). The highest BCUT2D eigenvalue weighted by Gasteiger charge is 2.39. The maximum Gasteiger partial charge on any atom is 0.163 e. The van der Waals surface area contributed by atoms with Crippen molar-refractivity contribution < 1.29 is 9.47 Å². The minimum Gasteiger partial charge on any atom is -0.493 e. The topological polar surface area (TPSA) is 59.5 Å². The van der Waals surface area contributed by atoms with Gasteiger partial charge in [0.05, 0.1) is 35.0 Å². The summed E-state index contributed by atoms with van der Waals surface area (Å²) in [6.45, 7) is 3.11. The third-order valence-corrected chi connectivity index (χ3v) is 8.49. The molecule has 34 heavy (non-hydrogen) atoms. The van der Waals surface area contributed by atoms with Crippen LogP contribution < -0.4 is 14.8 Å². The Kier molecular flexibility index (Phi) is 7.99. The number of fused-ring (bicyclic) bond motifs is 2. The van der Waals surface area contributed by atoms with Crippen molar-refractivity contribution >= 4 is 73.9 Å². The molecule has 0 unspecified atom stereocenters. The second kappa shape index (κ2) is 10.6. The lowest BCUT2D eigenvalue weighted by atomic mass is 10.0. The van der Waals surface area contributed by atoms with Crippen LogP contribution >= 0.6 is 51.5 Å². The summed E-state index contributed by atoms with van der Waals surface area (Å²) in [5.41, 5.74) is 1.41. The molecule has 182 valence electrons. The van der Waals surface area contributed by atoms with Crippen molar-refractivity contribution in [1.29, 1.82) is 0 Å². The van der Waals surface area contributed by atoms with Gasteiger partial charge >= 0.3 is 0 Å². The first-order valence-corrected chi connectivity index (χ1v) is 12.5. The van der Waals surface area contributed by atoms with Crippen molar-refractivity contribution in [2.45, 2.75) is 12.8 Å². The number of nitrogens with zero attached hydrogens (tertiary/aromatic N) is 3. The molecule has 1 saturated carbocycles. The van der Waals surface area contributed by atoms with Gasteiger partial charge < -0.3 is 19.7 Å². The summed E-state index contributed by atoms with van der Waals surface area (Å²) in [4.78, 5) is 11.3. The van der Waals surface area contributed by atoms with Gasteiger partial charge in [-0.2, -0.15) is 0 Å². The second-order valence-electron chi connectivity index (χ2n) is 8.98. The molecular weight excluding hydrogens is 563 g/mol. The maximum absolute atomic E-state index is 6.41. The quantitative estimate of drug-likeness (QED) is 0.318. The van der Waals surface area contributed by atoms with Gasteiger partial charge in [-0.15, -0.1) is 12.4 Å². The van der Waals surface area contributed by atoms with E-state index in [-0.39, 0.29) is 12.4 Å². The molecule has 6 nitrogen and oxygen atoms in total. The van der Waals surface area contributed by atoms with E-state index in [2.05, 4.69) is 43.2 Å². The zero-order valence-corrected chi connectivity index (χ0v) is 22.8. The van der Waals surface area contributed by atoms with E-state index in [0.29, 0.717) is 45.6 Å². The molecule has 1 aliphatic carbocycles. The van der Waals surface area contributed by atoms with Gasteiger partial charge in [0, 0.05) is 29.0 Å². The van der Waals surface area contributed by atoms with Crippen LogP contribution in [-0.2, 0) is 0 Å². The van der Waals surface area contributed by atoms with Crippen molar-refractivity contribution in [3.8, 4) is 11.5 Å². The summed E-state index contributed by atoms with van der Waals surface area (Å²) in [5.74, 6) is 4.16. The van der Waals surface area contributed by atoms with Crippen molar-refractivity contribution in [3.05, 3.63) is 45.1 Å². The summed E-state index contributed by atoms with van der Waals surface area (Å²) in [6.07, 6.45) is 3.99. The first-order valence-electron chi connectivity index (χ1n) is 11.0. The number of aromatic nitrogens is 2. The number of rotatable bonds is 6. The Bertz CT molecular complexity index is 1180. The highest BCUT2D eigenvalue weighted by atomic mass is 79.9. The van der Waals surface area contributed by atoms with Crippen LogP contribution in [0.25, 0.3) is 10.9 Å². The fourth-order valence-corrected chi connectivity index (χ4v) is 6.01. The first-order chi connectivity index (χ1) is 15.9. The number of halogens is 4. The van der Waals surface area contributed by atoms with Gasteiger partial charge in [-0.3, -0.25) is 0 Å².